The van der Waals surface area contributed by atoms with Crippen LogP contribution in [0.25, 0.3) is 0 Å². The van der Waals surface area contributed by atoms with E-state index in [1.54, 1.807) is 6.20 Å². The zero-order chi connectivity index (χ0) is 13.8. The lowest BCUT2D eigenvalue weighted by atomic mass is 10.1. The molecule has 1 aromatic heterocycles. The summed E-state index contributed by atoms with van der Waals surface area (Å²) in [6.45, 7) is 4.01. The quantitative estimate of drug-likeness (QED) is 0.917. The van der Waals surface area contributed by atoms with E-state index in [1.807, 2.05) is 25.1 Å². The molecule has 2 aromatic rings. The summed E-state index contributed by atoms with van der Waals surface area (Å²) in [4.78, 5) is 4.26. The summed E-state index contributed by atoms with van der Waals surface area (Å²) in [5, 5.41) is 12.5. The second-order valence-corrected chi connectivity index (χ2v) is 5.16. The van der Waals surface area contributed by atoms with Crippen molar-refractivity contribution in [3.05, 3.63) is 51.6 Å². The number of aromatic nitrogens is 1. The van der Waals surface area contributed by atoms with Crippen LogP contribution in [0.15, 0.2) is 34.9 Å². The van der Waals surface area contributed by atoms with Gasteiger partial charge in [0.05, 0.1) is 5.56 Å². The fraction of sp³-hybridized carbons (Fsp3) is 0.200. The Labute approximate surface area is 121 Å². The van der Waals surface area contributed by atoms with E-state index in [9.17, 15) is 5.26 Å². The molecule has 0 amide bonds. The first kappa shape index (κ1) is 13.6. The van der Waals surface area contributed by atoms with Gasteiger partial charge in [0, 0.05) is 16.4 Å². The lowest BCUT2D eigenvalue weighted by molar-refractivity contribution is 1.13. The molecule has 1 aromatic carbocycles. The molecule has 0 aliphatic carbocycles. The van der Waals surface area contributed by atoms with Gasteiger partial charge < -0.3 is 5.32 Å². The van der Waals surface area contributed by atoms with Gasteiger partial charge in [-0.2, -0.15) is 5.26 Å². The Bertz CT molecular complexity index is 644. The molecule has 0 atom stereocenters. The summed E-state index contributed by atoms with van der Waals surface area (Å²) in [7, 11) is 0. The van der Waals surface area contributed by atoms with Crippen LogP contribution in [0.1, 0.15) is 23.6 Å². The van der Waals surface area contributed by atoms with Crippen molar-refractivity contribution in [3.63, 3.8) is 0 Å². The molecular weight excluding hydrogens is 302 g/mol. The Morgan fingerprint density at radius 3 is 2.84 bits per heavy atom. The van der Waals surface area contributed by atoms with Crippen LogP contribution in [-0.2, 0) is 6.42 Å². The first-order valence-electron chi connectivity index (χ1n) is 6.07. The molecule has 2 rings (SSSR count). The maximum absolute atomic E-state index is 9.21. The first-order valence-corrected chi connectivity index (χ1v) is 6.86. The summed E-state index contributed by atoms with van der Waals surface area (Å²) in [5.41, 5.74) is 3.68. The van der Waals surface area contributed by atoms with Crippen molar-refractivity contribution >= 4 is 27.4 Å². The summed E-state index contributed by atoms with van der Waals surface area (Å²) >= 11 is 3.47. The molecule has 0 radical (unpaired) electrons. The minimum atomic E-state index is 0.590. The van der Waals surface area contributed by atoms with E-state index in [0.717, 1.165) is 22.1 Å². The molecule has 0 aliphatic heterocycles. The van der Waals surface area contributed by atoms with Gasteiger partial charge in [-0.1, -0.05) is 22.9 Å². The minimum absolute atomic E-state index is 0.590. The highest BCUT2D eigenvalue weighted by molar-refractivity contribution is 9.10. The van der Waals surface area contributed by atoms with Crippen LogP contribution in [0.3, 0.4) is 0 Å². The van der Waals surface area contributed by atoms with E-state index in [0.29, 0.717) is 11.4 Å². The van der Waals surface area contributed by atoms with Gasteiger partial charge in [0.15, 0.2) is 0 Å². The number of benzene rings is 1. The maximum atomic E-state index is 9.21. The van der Waals surface area contributed by atoms with E-state index in [2.05, 4.69) is 45.3 Å². The SMILES string of the molecule is CCc1cc(Br)ccc1Nc1nccc(C)c1C#N. The number of halogens is 1. The second-order valence-electron chi connectivity index (χ2n) is 4.24. The van der Waals surface area contributed by atoms with Crippen molar-refractivity contribution in [1.29, 1.82) is 5.26 Å². The van der Waals surface area contributed by atoms with Crippen LogP contribution in [0.4, 0.5) is 11.5 Å². The average Bonchev–Trinajstić information content (AvgIpc) is 2.41. The second kappa shape index (κ2) is 5.85. The number of anilines is 2. The van der Waals surface area contributed by atoms with Crippen molar-refractivity contribution < 1.29 is 0 Å². The summed E-state index contributed by atoms with van der Waals surface area (Å²) in [6.07, 6.45) is 2.62. The molecule has 96 valence electrons. The molecule has 3 nitrogen and oxygen atoms in total. The molecule has 1 N–H and O–H groups in total. The van der Waals surface area contributed by atoms with Crippen LogP contribution < -0.4 is 5.32 Å². The Morgan fingerprint density at radius 1 is 1.37 bits per heavy atom. The van der Waals surface area contributed by atoms with E-state index < -0.39 is 0 Å². The number of nitrogens with one attached hydrogen (secondary N) is 1. The predicted molar refractivity (Wildman–Crippen MR) is 80.5 cm³/mol. The number of rotatable bonds is 3. The molecule has 0 saturated carbocycles. The smallest absolute Gasteiger partial charge is 0.148 e. The number of hydrogen-bond acceptors (Lipinski definition) is 3. The highest BCUT2D eigenvalue weighted by Gasteiger charge is 2.09. The summed E-state index contributed by atoms with van der Waals surface area (Å²) < 4.78 is 1.05. The average molecular weight is 316 g/mol. The van der Waals surface area contributed by atoms with Crippen molar-refractivity contribution in [1.82, 2.24) is 4.98 Å². The Balaban J connectivity index is 2.42. The molecule has 0 unspecified atom stereocenters. The lowest BCUT2D eigenvalue weighted by Gasteiger charge is -2.12. The van der Waals surface area contributed by atoms with E-state index in [1.165, 1.54) is 5.56 Å². The topological polar surface area (TPSA) is 48.7 Å². The van der Waals surface area contributed by atoms with Gasteiger partial charge in [0.2, 0.25) is 0 Å². The van der Waals surface area contributed by atoms with Gasteiger partial charge in [-0.25, -0.2) is 4.98 Å². The van der Waals surface area contributed by atoms with Crippen LogP contribution in [-0.4, -0.2) is 4.98 Å². The summed E-state index contributed by atoms with van der Waals surface area (Å²) in [5.74, 6) is 0.611. The third-order valence-electron chi connectivity index (χ3n) is 2.97. The van der Waals surface area contributed by atoms with Crippen molar-refractivity contribution in [2.45, 2.75) is 20.3 Å². The molecule has 0 aliphatic rings. The van der Waals surface area contributed by atoms with E-state index in [-0.39, 0.29) is 0 Å². The van der Waals surface area contributed by atoms with Crippen molar-refractivity contribution in [3.8, 4) is 6.07 Å². The highest BCUT2D eigenvalue weighted by Crippen LogP contribution is 2.26. The third-order valence-corrected chi connectivity index (χ3v) is 3.47. The highest BCUT2D eigenvalue weighted by atomic mass is 79.9. The van der Waals surface area contributed by atoms with Crippen molar-refractivity contribution in [2.75, 3.05) is 5.32 Å². The first-order chi connectivity index (χ1) is 9.15. The van der Waals surface area contributed by atoms with Crippen LogP contribution >= 0.6 is 15.9 Å². The molecule has 1 heterocycles. The number of nitrogens with zero attached hydrogens (tertiary/aromatic N) is 2. The molecule has 0 spiro atoms. The fourth-order valence-electron chi connectivity index (χ4n) is 1.90. The predicted octanol–water partition coefficient (Wildman–Crippen LogP) is 4.33. The zero-order valence-electron chi connectivity index (χ0n) is 10.9. The van der Waals surface area contributed by atoms with E-state index in [4.69, 9.17) is 0 Å². The Morgan fingerprint density at radius 2 is 2.16 bits per heavy atom. The standard InChI is InChI=1S/C15H14BrN3/c1-3-11-8-12(16)4-5-14(11)19-15-13(9-17)10(2)6-7-18-15/h4-8H,3H2,1-2H3,(H,18,19). The molecule has 0 fully saturated rings. The number of hydrogen-bond donors (Lipinski definition) is 1. The number of pyridine rings is 1. The fourth-order valence-corrected chi connectivity index (χ4v) is 2.31. The number of aryl methyl sites for hydroxylation is 2. The van der Waals surface area contributed by atoms with Gasteiger partial charge in [0.1, 0.15) is 11.9 Å². The van der Waals surface area contributed by atoms with Gasteiger partial charge in [-0.3, -0.25) is 0 Å². The van der Waals surface area contributed by atoms with Gasteiger partial charge in [-0.15, -0.1) is 0 Å². The molecule has 4 heteroatoms. The van der Waals surface area contributed by atoms with Gasteiger partial charge in [-0.05, 0) is 48.7 Å². The van der Waals surface area contributed by atoms with Crippen LogP contribution in [0.2, 0.25) is 0 Å². The zero-order valence-corrected chi connectivity index (χ0v) is 12.5. The third kappa shape index (κ3) is 2.94. The van der Waals surface area contributed by atoms with E-state index >= 15 is 0 Å². The molecule has 0 bridgehead atoms. The normalized spacial score (nSPS) is 10.0. The molecule has 19 heavy (non-hydrogen) atoms. The molecule has 0 saturated heterocycles. The van der Waals surface area contributed by atoms with Gasteiger partial charge >= 0.3 is 0 Å². The monoisotopic (exact) mass is 315 g/mol. The lowest BCUT2D eigenvalue weighted by Crippen LogP contribution is -2.01. The Hall–Kier alpha value is -1.86. The van der Waals surface area contributed by atoms with Crippen molar-refractivity contribution in [2.24, 2.45) is 0 Å². The van der Waals surface area contributed by atoms with Gasteiger partial charge in [0.25, 0.3) is 0 Å². The van der Waals surface area contributed by atoms with Crippen LogP contribution in [0, 0.1) is 18.3 Å². The minimum Gasteiger partial charge on any atom is -0.339 e. The largest absolute Gasteiger partial charge is 0.339 e. The van der Waals surface area contributed by atoms with Crippen LogP contribution in [0.5, 0.6) is 0 Å². The number of nitriles is 1. The molecular formula is C15H14BrN3. The Kier molecular flexibility index (Phi) is 4.18. The maximum Gasteiger partial charge on any atom is 0.148 e. The summed E-state index contributed by atoms with van der Waals surface area (Å²) in [6, 6.07) is 10.1.